The van der Waals surface area contributed by atoms with Crippen molar-refractivity contribution in [2.24, 2.45) is 0 Å². The Morgan fingerprint density at radius 1 is 1.40 bits per heavy atom. The number of ether oxygens (including phenoxy) is 1. The average Bonchev–Trinajstić information content (AvgIpc) is 3.09. The van der Waals surface area contributed by atoms with Crippen LogP contribution in [0.4, 0.5) is 16.2 Å². The predicted molar refractivity (Wildman–Crippen MR) is 89.9 cm³/mol. The van der Waals surface area contributed by atoms with Crippen molar-refractivity contribution in [3.63, 3.8) is 0 Å². The molecule has 0 aliphatic carbocycles. The van der Waals surface area contributed by atoms with Crippen LogP contribution in [0.1, 0.15) is 12.5 Å². The Hall–Kier alpha value is -3.51. The molecule has 1 atom stereocenters. The first kappa shape index (κ1) is 16.4. The summed E-state index contributed by atoms with van der Waals surface area (Å²) in [5, 5.41) is 15.9. The van der Waals surface area contributed by atoms with Gasteiger partial charge in [0.25, 0.3) is 0 Å². The highest BCUT2D eigenvalue weighted by Crippen LogP contribution is 2.20. The van der Waals surface area contributed by atoms with Crippen LogP contribution >= 0.6 is 0 Å². The van der Waals surface area contributed by atoms with Gasteiger partial charge in [0.2, 0.25) is 0 Å². The molecule has 2 amide bonds. The summed E-state index contributed by atoms with van der Waals surface area (Å²) in [6.07, 6.45) is 7.21. The average molecular weight is 337 g/mol. The minimum absolute atomic E-state index is 0.351. The molecule has 3 heterocycles. The van der Waals surface area contributed by atoms with Gasteiger partial charge in [0.1, 0.15) is 12.3 Å². The quantitative estimate of drug-likeness (QED) is 0.730. The number of methoxy groups -OCH3 is 1. The van der Waals surface area contributed by atoms with Gasteiger partial charge in [-0.25, -0.2) is 14.3 Å². The molecule has 0 spiro atoms. The van der Waals surface area contributed by atoms with Gasteiger partial charge < -0.3 is 10.1 Å². The maximum absolute atomic E-state index is 12.8. The molecule has 126 valence electrons. The molecule has 0 fully saturated rings. The standard InChI is InChI=1S/C16H15N7O2/c1-11(25-2)23(14-6-15-19-3-4-22(15)20-10-14)16(24)21-13-5-12(7-17)8-18-9-13/h3-6,8-11H,1-2H3,(H,21,24). The van der Waals surface area contributed by atoms with Crippen molar-refractivity contribution in [2.45, 2.75) is 13.2 Å². The number of nitrogens with zero attached hydrogens (tertiary/aromatic N) is 6. The molecule has 0 aliphatic rings. The number of hydrogen-bond donors (Lipinski definition) is 1. The van der Waals surface area contributed by atoms with E-state index in [1.807, 2.05) is 6.07 Å². The minimum atomic E-state index is -0.550. The summed E-state index contributed by atoms with van der Waals surface area (Å²) < 4.78 is 6.90. The van der Waals surface area contributed by atoms with Gasteiger partial charge in [-0.2, -0.15) is 10.4 Å². The van der Waals surface area contributed by atoms with Crippen molar-refractivity contribution in [1.29, 1.82) is 5.26 Å². The summed E-state index contributed by atoms with van der Waals surface area (Å²) in [6, 6.07) is 4.81. The van der Waals surface area contributed by atoms with Gasteiger partial charge in [-0.05, 0) is 13.0 Å². The smallest absolute Gasteiger partial charge is 0.328 e. The normalized spacial score (nSPS) is 11.7. The molecule has 25 heavy (non-hydrogen) atoms. The first-order chi connectivity index (χ1) is 12.1. The summed E-state index contributed by atoms with van der Waals surface area (Å²) in [5.74, 6) is 0. The van der Waals surface area contributed by atoms with Gasteiger partial charge in [0.15, 0.2) is 5.65 Å². The molecule has 0 aromatic carbocycles. The predicted octanol–water partition coefficient (Wildman–Crippen LogP) is 2.03. The van der Waals surface area contributed by atoms with Crippen LogP contribution < -0.4 is 10.2 Å². The van der Waals surface area contributed by atoms with Crippen molar-refractivity contribution in [2.75, 3.05) is 17.3 Å². The molecule has 9 nitrogen and oxygen atoms in total. The lowest BCUT2D eigenvalue weighted by atomic mass is 10.3. The van der Waals surface area contributed by atoms with Crippen LogP contribution in [0.5, 0.6) is 0 Å². The first-order valence-corrected chi connectivity index (χ1v) is 7.40. The Morgan fingerprint density at radius 3 is 3.00 bits per heavy atom. The van der Waals surface area contributed by atoms with E-state index in [1.54, 1.807) is 36.1 Å². The third-order valence-electron chi connectivity index (χ3n) is 3.56. The second-order valence-electron chi connectivity index (χ2n) is 5.15. The van der Waals surface area contributed by atoms with Crippen LogP contribution in [0.3, 0.4) is 0 Å². The Bertz CT molecular complexity index is 947. The van der Waals surface area contributed by atoms with E-state index in [0.717, 1.165) is 0 Å². The van der Waals surface area contributed by atoms with Crippen LogP contribution in [-0.4, -0.2) is 39.0 Å². The minimum Gasteiger partial charge on any atom is -0.361 e. The Morgan fingerprint density at radius 2 is 2.24 bits per heavy atom. The van der Waals surface area contributed by atoms with E-state index in [0.29, 0.717) is 22.6 Å². The summed E-state index contributed by atoms with van der Waals surface area (Å²) >= 11 is 0. The summed E-state index contributed by atoms with van der Waals surface area (Å²) in [7, 11) is 1.50. The molecule has 0 bridgehead atoms. The zero-order valence-electron chi connectivity index (χ0n) is 13.6. The van der Waals surface area contributed by atoms with Crippen LogP contribution in [0.15, 0.2) is 43.1 Å². The third-order valence-corrected chi connectivity index (χ3v) is 3.56. The first-order valence-electron chi connectivity index (χ1n) is 7.40. The highest BCUT2D eigenvalue weighted by atomic mass is 16.5. The fourth-order valence-corrected chi connectivity index (χ4v) is 2.28. The Balaban J connectivity index is 1.91. The molecule has 0 radical (unpaired) electrons. The van der Waals surface area contributed by atoms with E-state index < -0.39 is 12.3 Å². The van der Waals surface area contributed by atoms with E-state index >= 15 is 0 Å². The Kier molecular flexibility index (Phi) is 4.54. The number of anilines is 2. The SMILES string of the molecule is COC(C)N(C(=O)Nc1cncc(C#N)c1)c1cnn2ccnc2c1. The molecular weight excluding hydrogens is 322 g/mol. The number of nitriles is 1. The molecule has 3 aromatic heterocycles. The molecule has 3 rings (SSSR count). The fraction of sp³-hybridized carbons (Fsp3) is 0.188. The number of rotatable bonds is 4. The number of carbonyl (C=O) groups excluding carboxylic acids is 1. The monoisotopic (exact) mass is 337 g/mol. The fourth-order valence-electron chi connectivity index (χ4n) is 2.28. The zero-order valence-corrected chi connectivity index (χ0v) is 13.6. The lowest BCUT2D eigenvalue weighted by molar-refractivity contribution is 0.119. The van der Waals surface area contributed by atoms with Gasteiger partial charge in [-0.3, -0.25) is 9.88 Å². The maximum atomic E-state index is 12.8. The number of carbonyl (C=O) groups is 1. The van der Waals surface area contributed by atoms with Gasteiger partial charge in [-0.15, -0.1) is 0 Å². The van der Waals surface area contributed by atoms with Crippen LogP contribution in [0.25, 0.3) is 5.65 Å². The number of pyridine rings is 1. The van der Waals surface area contributed by atoms with Gasteiger partial charge in [-0.1, -0.05) is 0 Å². The van der Waals surface area contributed by atoms with Gasteiger partial charge in [0.05, 0.1) is 29.3 Å². The number of fused-ring (bicyclic) bond motifs is 1. The maximum Gasteiger partial charge on any atom is 0.328 e. The second-order valence-corrected chi connectivity index (χ2v) is 5.15. The second kappa shape index (κ2) is 6.94. The van der Waals surface area contributed by atoms with Gasteiger partial charge in [0, 0.05) is 31.8 Å². The van der Waals surface area contributed by atoms with Crippen molar-refractivity contribution in [3.8, 4) is 6.07 Å². The molecular formula is C16H15N7O2. The summed E-state index contributed by atoms with van der Waals surface area (Å²) in [6.45, 7) is 1.74. The van der Waals surface area contributed by atoms with E-state index in [4.69, 9.17) is 10.00 Å². The molecule has 0 saturated carbocycles. The number of urea groups is 1. The molecule has 0 saturated heterocycles. The van der Waals surface area contributed by atoms with Crippen LogP contribution in [-0.2, 0) is 4.74 Å². The Labute approximate surface area is 143 Å². The van der Waals surface area contributed by atoms with E-state index in [-0.39, 0.29) is 0 Å². The van der Waals surface area contributed by atoms with Crippen molar-refractivity contribution in [1.82, 2.24) is 19.6 Å². The number of nitrogens with one attached hydrogen (secondary N) is 1. The van der Waals surface area contributed by atoms with Crippen molar-refractivity contribution in [3.05, 3.63) is 48.7 Å². The molecule has 9 heteroatoms. The highest BCUT2D eigenvalue weighted by Gasteiger charge is 2.23. The summed E-state index contributed by atoms with van der Waals surface area (Å²) in [5.41, 5.74) is 1.89. The van der Waals surface area contributed by atoms with Crippen molar-refractivity contribution >= 4 is 23.1 Å². The number of imidazole rings is 1. The lowest BCUT2D eigenvalue weighted by Gasteiger charge is -2.28. The zero-order chi connectivity index (χ0) is 17.8. The molecule has 3 aromatic rings. The molecule has 0 aliphatic heterocycles. The van der Waals surface area contributed by atoms with E-state index in [9.17, 15) is 4.79 Å². The third kappa shape index (κ3) is 3.39. The van der Waals surface area contributed by atoms with Gasteiger partial charge >= 0.3 is 6.03 Å². The largest absolute Gasteiger partial charge is 0.361 e. The lowest BCUT2D eigenvalue weighted by Crippen LogP contribution is -2.42. The topological polar surface area (TPSA) is 108 Å². The van der Waals surface area contributed by atoms with Crippen LogP contribution in [0.2, 0.25) is 0 Å². The molecule has 1 unspecified atom stereocenters. The number of amides is 2. The van der Waals surface area contributed by atoms with E-state index in [1.165, 1.54) is 30.5 Å². The highest BCUT2D eigenvalue weighted by molar-refractivity contribution is 6.02. The van der Waals surface area contributed by atoms with E-state index in [2.05, 4.69) is 20.4 Å². The van der Waals surface area contributed by atoms with Crippen molar-refractivity contribution < 1.29 is 9.53 Å². The summed E-state index contributed by atoms with van der Waals surface area (Å²) in [4.78, 5) is 22.3. The number of aromatic nitrogens is 4. The number of hydrogen-bond acceptors (Lipinski definition) is 6. The van der Waals surface area contributed by atoms with Crippen LogP contribution in [0, 0.1) is 11.3 Å². The molecule has 1 N–H and O–H groups in total.